The average molecular weight is 551 g/mol. The van der Waals surface area contributed by atoms with Gasteiger partial charge in [0.05, 0.1) is 19.4 Å². The number of aryl methyl sites for hydroxylation is 1. The van der Waals surface area contributed by atoms with Crippen LogP contribution in [0.1, 0.15) is 23.6 Å². The molecule has 3 aromatic carbocycles. The van der Waals surface area contributed by atoms with E-state index in [1.165, 1.54) is 22.5 Å². The van der Waals surface area contributed by atoms with E-state index in [9.17, 15) is 9.59 Å². The fraction of sp³-hybridized carbons (Fsp3) is 0.207. The molecule has 1 aliphatic heterocycles. The van der Waals surface area contributed by atoms with E-state index in [1.807, 2.05) is 44.2 Å². The standard InChI is InChI=1S/C29H27ClN2O5S/c1-4-36-26-16-21(9-14-25(26)37-18-20-7-5-19(2)6-8-20)15-24-28(34)32(23-12-10-22(30)11-13-23)29(38)31(24)17-27(33)35-3/h5-16H,4,17-18H2,1-3H3/b24-15-. The quantitative estimate of drug-likeness (QED) is 0.190. The lowest BCUT2D eigenvalue weighted by molar-refractivity contribution is -0.140. The molecule has 38 heavy (non-hydrogen) atoms. The molecule has 1 amide bonds. The second-order valence-corrected chi connectivity index (χ2v) is 9.31. The van der Waals surface area contributed by atoms with Crippen molar-refractivity contribution < 1.29 is 23.8 Å². The monoisotopic (exact) mass is 550 g/mol. The number of thiocarbonyl (C=S) groups is 1. The maximum absolute atomic E-state index is 13.5. The number of methoxy groups -OCH3 is 1. The maximum Gasteiger partial charge on any atom is 0.325 e. The van der Waals surface area contributed by atoms with Gasteiger partial charge < -0.3 is 19.1 Å². The van der Waals surface area contributed by atoms with E-state index in [2.05, 4.69) is 0 Å². The van der Waals surface area contributed by atoms with Crippen molar-refractivity contribution in [3.8, 4) is 11.5 Å². The van der Waals surface area contributed by atoms with Gasteiger partial charge in [0, 0.05) is 5.02 Å². The Morgan fingerprint density at radius 2 is 1.71 bits per heavy atom. The van der Waals surface area contributed by atoms with Gasteiger partial charge in [0.25, 0.3) is 5.91 Å². The molecule has 7 nitrogen and oxygen atoms in total. The van der Waals surface area contributed by atoms with Crippen LogP contribution in [0.5, 0.6) is 11.5 Å². The van der Waals surface area contributed by atoms with Crippen molar-refractivity contribution >= 4 is 52.6 Å². The topological polar surface area (TPSA) is 68.3 Å². The van der Waals surface area contributed by atoms with Gasteiger partial charge in [0.2, 0.25) is 0 Å². The molecule has 1 saturated heterocycles. The van der Waals surface area contributed by atoms with Crippen molar-refractivity contribution in [1.29, 1.82) is 0 Å². The van der Waals surface area contributed by atoms with Gasteiger partial charge in [-0.2, -0.15) is 0 Å². The normalized spacial score (nSPS) is 14.3. The van der Waals surface area contributed by atoms with Crippen LogP contribution in [-0.4, -0.2) is 42.2 Å². The van der Waals surface area contributed by atoms with Gasteiger partial charge in [0.1, 0.15) is 18.8 Å². The van der Waals surface area contributed by atoms with Crippen LogP contribution in [0.15, 0.2) is 72.4 Å². The zero-order chi connectivity index (χ0) is 27.2. The first kappa shape index (κ1) is 27.2. The summed E-state index contributed by atoms with van der Waals surface area (Å²) in [5.74, 6) is 0.214. The minimum atomic E-state index is -0.529. The van der Waals surface area contributed by atoms with Crippen molar-refractivity contribution in [3.05, 3.63) is 94.1 Å². The van der Waals surface area contributed by atoms with Gasteiger partial charge in [-0.1, -0.05) is 47.5 Å². The summed E-state index contributed by atoms with van der Waals surface area (Å²) in [5.41, 5.74) is 3.66. The van der Waals surface area contributed by atoms with Crippen LogP contribution in [0.25, 0.3) is 6.08 Å². The fourth-order valence-electron chi connectivity index (χ4n) is 3.85. The van der Waals surface area contributed by atoms with Crippen molar-refractivity contribution in [2.75, 3.05) is 25.2 Å². The molecule has 3 aromatic rings. The summed E-state index contributed by atoms with van der Waals surface area (Å²) in [5, 5.41) is 0.693. The Labute approximate surface area is 232 Å². The minimum Gasteiger partial charge on any atom is -0.490 e. The van der Waals surface area contributed by atoms with Gasteiger partial charge in [-0.3, -0.25) is 14.5 Å². The molecule has 0 aliphatic carbocycles. The summed E-state index contributed by atoms with van der Waals surface area (Å²) < 4.78 is 16.7. The van der Waals surface area contributed by atoms with Crippen molar-refractivity contribution in [3.63, 3.8) is 0 Å². The van der Waals surface area contributed by atoms with Crippen LogP contribution in [0.2, 0.25) is 5.02 Å². The molecule has 0 bridgehead atoms. The van der Waals surface area contributed by atoms with Crippen molar-refractivity contribution in [1.82, 2.24) is 4.90 Å². The molecule has 0 radical (unpaired) electrons. The van der Waals surface area contributed by atoms with E-state index in [4.69, 9.17) is 38.0 Å². The van der Waals surface area contributed by atoms with E-state index >= 15 is 0 Å². The number of carbonyl (C=O) groups is 2. The highest BCUT2D eigenvalue weighted by Crippen LogP contribution is 2.33. The van der Waals surface area contributed by atoms with Crippen molar-refractivity contribution in [2.24, 2.45) is 0 Å². The molecule has 0 saturated carbocycles. The molecule has 0 spiro atoms. The molecule has 1 heterocycles. The number of rotatable bonds is 9. The van der Waals surface area contributed by atoms with Gasteiger partial charge in [-0.15, -0.1) is 0 Å². The van der Waals surface area contributed by atoms with Crippen LogP contribution < -0.4 is 14.4 Å². The summed E-state index contributed by atoms with van der Waals surface area (Å²) in [6.07, 6.45) is 1.67. The predicted molar refractivity (Wildman–Crippen MR) is 151 cm³/mol. The van der Waals surface area contributed by atoms with Crippen LogP contribution in [0.4, 0.5) is 5.69 Å². The van der Waals surface area contributed by atoms with Gasteiger partial charge in [0.15, 0.2) is 16.6 Å². The summed E-state index contributed by atoms with van der Waals surface area (Å²) in [7, 11) is 1.29. The number of anilines is 1. The molecule has 0 atom stereocenters. The number of ether oxygens (including phenoxy) is 3. The third-order valence-electron chi connectivity index (χ3n) is 5.82. The first-order valence-corrected chi connectivity index (χ1v) is 12.7. The molecular weight excluding hydrogens is 524 g/mol. The molecule has 0 unspecified atom stereocenters. The number of benzene rings is 3. The smallest absolute Gasteiger partial charge is 0.325 e. The Kier molecular flexibility index (Phi) is 8.66. The number of nitrogens with zero attached hydrogens (tertiary/aromatic N) is 2. The third-order valence-corrected chi connectivity index (χ3v) is 6.48. The number of hydrogen-bond acceptors (Lipinski definition) is 6. The molecule has 0 N–H and O–H groups in total. The van der Waals surface area contributed by atoms with Crippen molar-refractivity contribution in [2.45, 2.75) is 20.5 Å². The van der Waals surface area contributed by atoms with Crippen LogP contribution in [0, 0.1) is 6.92 Å². The SMILES string of the molecule is CCOc1cc(/C=C2/C(=O)N(c3ccc(Cl)cc3)C(=S)N2CC(=O)OC)ccc1OCc1ccc(C)cc1. The zero-order valence-corrected chi connectivity index (χ0v) is 22.8. The Hall–Kier alpha value is -3.88. The number of esters is 1. The maximum atomic E-state index is 13.5. The number of hydrogen-bond donors (Lipinski definition) is 0. The lowest BCUT2D eigenvalue weighted by Gasteiger charge is -2.19. The highest BCUT2D eigenvalue weighted by molar-refractivity contribution is 7.80. The first-order chi connectivity index (χ1) is 18.3. The number of halogens is 1. The molecule has 196 valence electrons. The van der Waals surface area contributed by atoms with E-state index < -0.39 is 5.97 Å². The largest absolute Gasteiger partial charge is 0.490 e. The predicted octanol–water partition coefficient (Wildman–Crippen LogP) is 5.77. The zero-order valence-electron chi connectivity index (χ0n) is 21.3. The van der Waals surface area contributed by atoms with Crippen LogP contribution in [-0.2, 0) is 20.9 Å². The van der Waals surface area contributed by atoms with E-state index in [0.29, 0.717) is 41.0 Å². The fourth-order valence-corrected chi connectivity index (χ4v) is 4.33. The summed E-state index contributed by atoms with van der Waals surface area (Å²) in [4.78, 5) is 28.5. The van der Waals surface area contributed by atoms with E-state index in [1.54, 1.807) is 42.5 Å². The second kappa shape index (κ2) is 12.1. The Morgan fingerprint density at radius 3 is 2.37 bits per heavy atom. The summed E-state index contributed by atoms with van der Waals surface area (Å²) in [6, 6.07) is 20.2. The van der Waals surface area contributed by atoms with Crippen LogP contribution in [0.3, 0.4) is 0 Å². The molecule has 9 heteroatoms. The Morgan fingerprint density at radius 1 is 1.00 bits per heavy atom. The third kappa shape index (κ3) is 6.15. The van der Waals surface area contributed by atoms with Gasteiger partial charge in [-0.25, -0.2) is 0 Å². The second-order valence-electron chi connectivity index (χ2n) is 8.50. The van der Waals surface area contributed by atoms with Gasteiger partial charge >= 0.3 is 5.97 Å². The Bertz CT molecular complexity index is 1370. The minimum absolute atomic E-state index is 0.164. The Balaban J connectivity index is 1.65. The first-order valence-electron chi connectivity index (χ1n) is 12.0. The molecule has 1 aliphatic rings. The van der Waals surface area contributed by atoms with Crippen LogP contribution >= 0.6 is 23.8 Å². The molecule has 4 rings (SSSR count). The summed E-state index contributed by atoms with van der Waals surface area (Å²) in [6.45, 7) is 4.52. The average Bonchev–Trinajstić information content (AvgIpc) is 3.13. The van der Waals surface area contributed by atoms with E-state index in [-0.39, 0.29) is 23.3 Å². The lowest BCUT2D eigenvalue weighted by Crippen LogP contribution is -2.35. The van der Waals surface area contributed by atoms with E-state index in [0.717, 1.165) is 5.56 Å². The highest BCUT2D eigenvalue weighted by Gasteiger charge is 2.40. The number of carbonyl (C=O) groups excluding carboxylic acids is 2. The molecular formula is C29H27ClN2O5S. The van der Waals surface area contributed by atoms with Gasteiger partial charge in [-0.05, 0) is 79.7 Å². The molecule has 1 fully saturated rings. The summed E-state index contributed by atoms with van der Waals surface area (Å²) >= 11 is 11.6. The lowest BCUT2D eigenvalue weighted by atomic mass is 10.1. The highest BCUT2D eigenvalue weighted by atomic mass is 35.5. The number of amides is 1. The molecule has 0 aromatic heterocycles.